The number of ether oxygens (including phenoxy) is 1. The average Bonchev–Trinajstić information content (AvgIpc) is 3.43. The minimum Gasteiger partial charge on any atom is -0.488 e. The zero-order valence-corrected chi connectivity index (χ0v) is 20.0. The predicted octanol–water partition coefficient (Wildman–Crippen LogP) is 1.45. The monoisotopic (exact) mass is 475 g/mol. The zero-order valence-electron chi connectivity index (χ0n) is 19.2. The smallest absolute Gasteiger partial charge is 0.240 e. The number of β-amino-alcohol motifs (C(OH)–C–C–N with tert-alkyl or cyclic N) is 1. The van der Waals surface area contributed by atoms with E-state index in [4.69, 9.17) is 9.53 Å². The number of fused-ring (bicyclic) bond motifs is 1. The quantitative estimate of drug-likeness (QED) is 0.596. The fraction of sp³-hybridized carbons (Fsp3) is 0.458. The highest BCUT2D eigenvalue weighted by Crippen LogP contribution is 2.32. The summed E-state index contributed by atoms with van der Waals surface area (Å²) < 4.78 is 32.7. The molecule has 0 aromatic heterocycles. The molecule has 8 nitrogen and oxygen atoms in total. The Morgan fingerprint density at radius 3 is 2.61 bits per heavy atom. The lowest BCUT2D eigenvalue weighted by Gasteiger charge is -2.33. The van der Waals surface area contributed by atoms with Crippen LogP contribution in [0.4, 0.5) is 0 Å². The van der Waals surface area contributed by atoms with Gasteiger partial charge in [-0.05, 0) is 49.8 Å². The van der Waals surface area contributed by atoms with Crippen molar-refractivity contribution in [3.63, 3.8) is 0 Å². The van der Waals surface area contributed by atoms with Crippen LogP contribution in [0.2, 0.25) is 0 Å². The molecule has 2 N–H and O–H groups in total. The first-order chi connectivity index (χ1) is 15.9. The molecule has 0 bridgehead atoms. The van der Waals surface area contributed by atoms with Gasteiger partial charge >= 0.3 is 0 Å². The minimum atomic E-state index is -3.47. The van der Waals surface area contributed by atoms with Gasteiger partial charge in [-0.25, -0.2) is 13.1 Å². The van der Waals surface area contributed by atoms with Crippen molar-refractivity contribution >= 4 is 16.8 Å². The molecule has 0 saturated carbocycles. The number of sulfonamides is 1. The van der Waals surface area contributed by atoms with E-state index in [2.05, 4.69) is 45.8 Å². The molecule has 2 aliphatic rings. The molecule has 0 radical (unpaired) electrons. The number of hydrogen-bond donors (Lipinski definition) is 2. The van der Waals surface area contributed by atoms with Gasteiger partial charge in [-0.2, -0.15) is 0 Å². The molecule has 0 aliphatic carbocycles. The second-order valence-corrected chi connectivity index (χ2v) is 10.4. The van der Waals surface area contributed by atoms with Crippen LogP contribution >= 0.6 is 0 Å². The van der Waals surface area contributed by atoms with E-state index < -0.39 is 10.0 Å². The lowest BCUT2D eigenvalue weighted by molar-refractivity contribution is -0.0980. The normalized spacial score (nSPS) is 21.2. The van der Waals surface area contributed by atoms with Gasteiger partial charge in [0, 0.05) is 38.6 Å². The summed E-state index contributed by atoms with van der Waals surface area (Å²) in [6.07, 6.45) is 1.22. The number of rotatable bonds is 8. The molecule has 2 aromatic carbocycles. The van der Waals surface area contributed by atoms with Crippen LogP contribution in [0.15, 0.2) is 53.4 Å². The summed E-state index contributed by atoms with van der Waals surface area (Å²) in [6.45, 7) is 5.19. The first kappa shape index (κ1) is 25.3. The SMILES string of the molecule is C=O.CNS(=O)(=O)c1ccc2c(c1)CC(CN(C)C(CN1CC[C@H](O)C1)c1ccccc1)O2. The number of carbonyl (C=O) groups excluding carboxylic acids is 1. The summed E-state index contributed by atoms with van der Waals surface area (Å²) in [5.41, 5.74) is 2.16. The van der Waals surface area contributed by atoms with Crippen molar-refractivity contribution < 1.29 is 23.1 Å². The Kier molecular flexibility index (Phi) is 8.61. The Balaban J connectivity index is 0.00000149. The summed E-state index contributed by atoms with van der Waals surface area (Å²) in [6, 6.07) is 15.7. The Bertz CT molecular complexity index is 1020. The van der Waals surface area contributed by atoms with Gasteiger partial charge < -0.3 is 14.6 Å². The second kappa shape index (κ2) is 11.2. The third kappa shape index (κ3) is 6.18. The van der Waals surface area contributed by atoms with Crippen molar-refractivity contribution in [2.45, 2.75) is 36.0 Å². The Morgan fingerprint density at radius 2 is 1.97 bits per heavy atom. The number of nitrogens with one attached hydrogen (secondary N) is 1. The number of hydrogen-bond acceptors (Lipinski definition) is 7. The highest BCUT2D eigenvalue weighted by Gasteiger charge is 2.30. The number of aliphatic hydroxyl groups excluding tert-OH is 1. The van der Waals surface area contributed by atoms with Gasteiger partial charge in [0.05, 0.1) is 11.0 Å². The minimum absolute atomic E-state index is 0.0390. The second-order valence-electron chi connectivity index (χ2n) is 8.49. The van der Waals surface area contributed by atoms with E-state index in [9.17, 15) is 13.5 Å². The topological polar surface area (TPSA) is 99.2 Å². The molecule has 4 rings (SSSR count). The van der Waals surface area contributed by atoms with Crippen molar-refractivity contribution in [3.05, 3.63) is 59.7 Å². The van der Waals surface area contributed by atoms with E-state index in [1.807, 2.05) is 12.9 Å². The molecular formula is C24H33N3O5S. The number of likely N-dealkylation sites (tertiary alicyclic amines) is 1. The largest absolute Gasteiger partial charge is 0.488 e. The van der Waals surface area contributed by atoms with Gasteiger partial charge in [0.2, 0.25) is 10.0 Å². The van der Waals surface area contributed by atoms with Crippen LogP contribution in [0.25, 0.3) is 0 Å². The first-order valence-corrected chi connectivity index (χ1v) is 12.5. The number of likely N-dealkylation sites (N-methyl/N-ethyl adjacent to an activating group) is 1. The molecule has 0 spiro atoms. The standard InChI is InChI=1S/C23H31N3O4S.CH2O/c1-24-31(28,29)21-8-9-23-18(13-21)12-20(30-23)15-25(2)22(17-6-4-3-5-7-17)16-26-11-10-19(27)14-26;1-2/h3-9,13,19-20,22,24,27H,10-12,14-16H2,1-2H3;1H2/t19-,20?,22?;/m0./s1. The Hall–Kier alpha value is -2.30. The van der Waals surface area contributed by atoms with Crippen LogP contribution in [0.1, 0.15) is 23.6 Å². The fourth-order valence-corrected chi connectivity index (χ4v) is 5.31. The van der Waals surface area contributed by atoms with Crippen LogP contribution in [0, 0.1) is 0 Å². The van der Waals surface area contributed by atoms with Crippen LogP contribution in [0.3, 0.4) is 0 Å². The molecule has 2 aliphatic heterocycles. The van der Waals surface area contributed by atoms with Crippen molar-refractivity contribution in [2.24, 2.45) is 0 Å². The summed E-state index contributed by atoms with van der Waals surface area (Å²) in [5.74, 6) is 0.757. The average molecular weight is 476 g/mol. The Morgan fingerprint density at radius 1 is 1.24 bits per heavy atom. The van der Waals surface area contributed by atoms with E-state index in [0.717, 1.165) is 37.4 Å². The van der Waals surface area contributed by atoms with Gasteiger partial charge in [-0.3, -0.25) is 9.80 Å². The number of benzene rings is 2. The first-order valence-electron chi connectivity index (χ1n) is 11.0. The van der Waals surface area contributed by atoms with Gasteiger partial charge in [0.15, 0.2) is 0 Å². The van der Waals surface area contributed by atoms with Crippen LogP contribution in [-0.2, 0) is 21.2 Å². The Labute approximate surface area is 196 Å². The van der Waals surface area contributed by atoms with Gasteiger partial charge in [0.25, 0.3) is 0 Å². The third-order valence-electron chi connectivity index (χ3n) is 6.24. The van der Waals surface area contributed by atoms with E-state index >= 15 is 0 Å². The maximum Gasteiger partial charge on any atom is 0.240 e. The van der Waals surface area contributed by atoms with Crippen LogP contribution < -0.4 is 9.46 Å². The summed E-state index contributed by atoms with van der Waals surface area (Å²) in [4.78, 5) is 12.9. The summed E-state index contributed by atoms with van der Waals surface area (Å²) >= 11 is 0. The lowest BCUT2D eigenvalue weighted by atomic mass is 10.0. The number of nitrogens with zero attached hydrogens (tertiary/aromatic N) is 2. The van der Waals surface area contributed by atoms with Gasteiger partial charge in [0.1, 0.15) is 18.6 Å². The van der Waals surface area contributed by atoms with Crippen molar-refractivity contribution in [2.75, 3.05) is 40.3 Å². The van der Waals surface area contributed by atoms with Crippen molar-refractivity contribution in [3.8, 4) is 5.75 Å². The predicted molar refractivity (Wildman–Crippen MR) is 127 cm³/mol. The third-order valence-corrected chi connectivity index (χ3v) is 7.65. The molecular weight excluding hydrogens is 442 g/mol. The molecule has 33 heavy (non-hydrogen) atoms. The highest BCUT2D eigenvalue weighted by atomic mass is 32.2. The molecule has 9 heteroatoms. The number of aliphatic hydroxyl groups is 1. The zero-order chi connectivity index (χ0) is 24.0. The molecule has 2 heterocycles. The molecule has 2 aromatic rings. The molecule has 0 amide bonds. The van der Waals surface area contributed by atoms with E-state index in [1.165, 1.54) is 12.6 Å². The molecule has 1 fully saturated rings. The van der Waals surface area contributed by atoms with Crippen LogP contribution in [-0.4, -0.2) is 82.6 Å². The molecule has 1 saturated heterocycles. The summed E-state index contributed by atoms with van der Waals surface area (Å²) in [5, 5.41) is 9.93. The van der Waals surface area contributed by atoms with Crippen molar-refractivity contribution in [1.82, 2.24) is 14.5 Å². The molecule has 3 atom stereocenters. The maximum atomic E-state index is 12.1. The van der Waals surface area contributed by atoms with Crippen LogP contribution in [0.5, 0.6) is 5.75 Å². The van der Waals surface area contributed by atoms with Crippen molar-refractivity contribution in [1.29, 1.82) is 0 Å². The lowest BCUT2D eigenvalue weighted by Crippen LogP contribution is -2.40. The van der Waals surface area contributed by atoms with Gasteiger partial charge in [-0.15, -0.1) is 0 Å². The molecule has 2 unspecified atom stereocenters. The van der Waals surface area contributed by atoms with Gasteiger partial charge in [-0.1, -0.05) is 30.3 Å². The molecule has 180 valence electrons. The number of carbonyl (C=O) groups is 1. The maximum absolute atomic E-state index is 12.1. The fourth-order valence-electron chi connectivity index (χ4n) is 4.53. The van der Waals surface area contributed by atoms with E-state index in [-0.39, 0.29) is 23.1 Å². The highest BCUT2D eigenvalue weighted by molar-refractivity contribution is 7.89. The summed E-state index contributed by atoms with van der Waals surface area (Å²) in [7, 11) is 0.0515. The van der Waals surface area contributed by atoms with E-state index in [0.29, 0.717) is 13.0 Å². The van der Waals surface area contributed by atoms with E-state index in [1.54, 1.807) is 18.2 Å².